The normalized spacial score (nSPS) is 12.9. The van der Waals surface area contributed by atoms with Crippen LogP contribution in [0, 0.1) is 5.41 Å². The van der Waals surface area contributed by atoms with Crippen molar-refractivity contribution in [3.05, 3.63) is 17.7 Å². The lowest BCUT2D eigenvalue weighted by atomic mass is 9.82. The molecule has 1 heterocycles. The van der Waals surface area contributed by atoms with Gasteiger partial charge in [0.1, 0.15) is 5.82 Å². The Bertz CT molecular complexity index is 441. The van der Waals surface area contributed by atoms with Crippen LogP contribution in [0.3, 0.4) is 0 Å². The van der Waals surface area contributed by atoms with E-state index >= 15 is 0 Å². The SMILES string of the molecule is COc1nc(N)ccc1C(NC(=O)O)C(C)(C)C. The average molecular weight is 253 g/mol. The quantitative estimate of drug-likeness (QED) is 0.765. The number of nitrogens with two attached hydrogens (primary N) is 1. The highest BCUT2D eigenvalue weighted by Crippen LogP contribution is 2.36. The lowest BCUT2D eigenvalue weighted by molar-refractivity contribution is 0.174. The van der Waals surface area contributed by atoms with E-state index in [1.165, 1.54) is 7.11 Å². The molecule has 0 bridgehead atoms. The van der Waals surface area contributed by atoms with Gasteiger partial charge in [-0.2, -0.15) is 4.98 Å². The Morgan fingerprint density at radius 3 is 2.56 bits per heavy atom. The Morgan fingerprint density at radius 2 is 2.11 bits per heavy atom. The average Bonchev–Trinajstić information content (AvgIpc) is 2.24. The first-order valence-electron chi connectivity index (χ1n) is 5.55. The summed E-state index contributed by atoms with van der Waals surface area (Å²) in [4.78, 5) is 15.0. The summed E-state index contributed by atoms with van der Waals surface area (Å²) in [7, 11) is 1.48. The van der Waals surface area contributed by atoms with E-state index in [4.69, 9.17) is 15.6 Å². The van der Waals surface area contributed by atoms with Crippen molar-refractivity contribution in [2.45, 2.75) is 26.8 Å². The highest BCUT2D eigenvalue weighted by Gasteiger charge is 2.30. The van der Waals surface area contributed by atoms with E-state index in [-0.39, 0.29) is 5.41 Å². The largest absolute Gasteiger partial charge is 0.481 e. The van der Waals surface area contributed by atoms with Gasteiger partial charge in [0.25, 0.3) is 0 Å². The summed E-state index contributed by atoms with van der Waals surface area (Å²) in [5.41, 5.74) is 5.94. The van der Waals surface area contributed by atoms with E-state index in [0.29, 0.717) is 17.3 Å². The third-order valence-electron chi connectivity index (χ3n) is 2.55. The fraction of sp³-hybridized carbons (Fsp3) is 0.500. The monoisotopic (exact) mass is 253 g/mol. The van der Waals surface area contributed by atoms with Gasteiger partial charge < -0.3 is 20.9 Å². The molecule has 0 saturated heterocycles. The van der Waals surface area contributed by atoms with E-state index in [0.717, 1.165) is 0 Å². The Labute approximate surface area is 106 Å². The van der Waals surface area contributed by atoms with Gasteiger partial charge in [-0.3, -0.25) is 0 Å². The number of rotatable bonds is 3. The van der Waals surface area contributed by atoms with E-state index in [1.807, 2.05) is 20.8 Å². The molecule has 4 N–H and O–H groups in total. The van der Waals surface area contributed by atoms with Gasteiger partial charge in [0.05, 0.1) is 13.2 Å². The van der Waals surface area contributed by atoms with Crippen molar-refractivity contribution in [3.8, 4) is 5.88 Å². The third-order valence-corrected chi connectivity index (χ3v) is 2.55. The minimum Gasteiger partial charge on any atom is -0.481 e. The van der Waals surface area contributed by atoms with Crippen LogP contribution in [-0.4, -0.2) is 23.3 Å². The van der Waals surface area contributed by atoms with Crippen molar-refractivity contribution < 1.29 is 14.6 Å². The number of hydrogen-bond acceptors (Lipinski definition) is 4. The molecule has 0 aliphatic carbocycles. The van der Waals surface area contributed by atoms with Crippen LogP contribution in [-0.2, 0) is 0 Å². The van der Waals surface area contributed by atoms with Gasteiger partial charge in [0, 0.05) is 5.56 Å². The van der Waals surface area contributed by atoms with E-state index < -0.39 is 12.1 Å². The molecule has 6 nitrogen and oxygen atoms in total. The van der Waals surface area contributed by atoms with Gasteiger partial charge in [0.15, 0.2) is 0 Å². The molecule has 1 unspecified atom stereocenters. The molecular formula is C12H19N3O3. The van der Waals surface area contributed by atoms with Crippen LogP contribution in [0.25, 0.3) is 0 Å². The number of aromatic nitrogens is 1. The zero-order valence-corrected chi connectivity index (χ0v) is 11.0. The summed E-state index contributed by atoms with van der Waals surface area (Å²) in [6.45, 7) is 5.80. The number of amides is 1. The molecule has 0 aromatic carbocycles. The van der Waals surface area contributed by atoms with Crippen LogP contribution in [0.1, 0.15) is 32.4 Å². The van der Waals surface area contributed by atoms with Crippen molar-refractivity contribution in [1.29, 1.82) is 0 Å². The molecule has 0 fully saturated rings. The van der Waals surface area contributed by atoms with Crippen molar-refractivity contribution in [1.82, 2.24) is 10.3 Å². The molecule has 1 amide bonds. The molecule has 1 aromatic heterocycles. The van der Waals surface area contributed by atoms with Gasteiger partial charge in [-0.25, -0.2) is 4.79 Å². The van der Waals surface area contributed by atoms with E-state index in [2.05, 4.69) is 10.3 Å². The summed E-state index contributed by atoms with van der Waals surface area (Å²) in [5, 5.41) is 11.4. The fourth-order valence-electron chi connectivity index (χ4n) is 1.73. The van der Waals surface area contributed by atoms with Crippen molar-refractivity contribution >= 4 is 11.9 Å². The number of ether oxygens (including phenoxy) is 1. The number of nitrogen functional groups attached to an aromatic ring is 1. The second-order valence-electron chi connectivity index (χ2n) is 5.08. The first-order chi connectivity index (χ1) is 8.25. The maximum absolute atomic E-state index is 10.9. The molecule has 18 heavy (non-hydrogen) atoms. The first kappa shape index (κ1) is 14.1. The number of carboxylic acid groups (broad SMARTS) is 1. The highest BCUT2D eigenvalue weighted by molar-refractivity contribution is 5.65. The summed E-state index contributed by atoms with van der Waals surface area (Å²) < 4.78 is 5.16. The van der Waals surface area contributed by atoms with Crippen LogP contribution >= 0.6 is 0 Å². The van der Waals surface area contributed by atoms with Crippen LogP contribution in [0.2, 0.25) is 0 Å². The van der Waals surface area contributed by atoms with Gasteiger partial charge in [0.2, 0.25) is 5.88 Å². The van der Waals surface area contributed by atoms with Gasteiger partial charge in [-0.1, -0.05) is 20.8 Å². The number of pyridine rings is 1. The number of carbonyl (C=O) groups is 1. The number of anilines is 1. The molecule has 0 spiro atoms. The molecule has 0 aliphatic heterocycles. The lowest BCUT2D eigenvalue weighted by Gasteiger charge is -2.31. The topological polar surface area (TPSA) is 97.5 Å². The van der Waals surface area contributed by atoms with Crippen LogP contribution < -0.4 is 15.8 Å². The third kappa shape index (κ3) is 3.26. The number of nitrogens with zero attached hydrogens (tertiary/aromatic N) is 1. The van der Waals surface area contributed by atoms with Gasteiger partial charge in [-0.05, 0) is 17.5 Å². The van der Waals surface area contributed by atoms with Crippen molar-refractivity contribution in [2.24, 2.45) is 5.41 Å². The Morgan fingerprint density at radius 1 is 1.50 bits per heavy atom. The second-order valence-corrected chi connectivity index (χ2v) is 5.08. The minimum atomic E-state index is -1.09. The zero-order valence-electron chi connectivity index (χ0n) is 11.0. The molecule has 1 aromatic rings. The smallest absolute Gasteiger partial charge is 0.405 e. The first-order valence-corrected chi connectivity index (χ1v) is 5.55. The highest BCUT2D eigenvalue weighted by atomic mass is 16.5. The van der Waals surface area contributed by atoms with Crippen LogP contribution in [0.15, 0.2) is 12.1 Å². The van der Waals surface area contributed by atoms with Crippen molar-refractivity contribution in [3.63, 3.8) is 0 Å². The summed E-state index contributed by atoms with van der Waals surface area (Å²) >= 11 is 0. The molecule has 0 radical (unpaired) electrons. The van der Waals surface area contributed by atoms with Crippen LogP contribution in [0.5, 0.6) is 5.88 Å². The standard InChI is InChI=1S/C12H19N3O3/c1-12(2,3)9(15-11(16)17)7-5-6-8(13)14-10(7)18-4/h5-6,9,15H,1-4H3,(H2,13,14)(H,16,17). The van der Waals surface area contributed by atoms with E-state index in [9.17, 15) is 4.79 Å². The number of nitrogens with one attached hydrogen (secondary N) is 1. The molecule has 1 atom stereocenters. The summed E-state index contributed by atoms with van der Waals surface area (Å²) in [5.74, 6) is 0.669. The van der Waals surface area contributed by atoms with Gasteiger partial charge >= 0.3 is 6.09 Å². The van der Waals surface area contributed by atoms with E-state index in [1.54, 1.807) is 12.1 Å². The number of hydrogen-bond donors (Lipinski definition) is 3. The summed E-state index contributed by atoms with van der Waals surface area (Å²) in [6, 6.07) is 2.92. The Kier molecular flexibility index (Phi) is 4.00. The van der Waals surface area contributed by atoms with Crippen molar-refractivity contribution in [2.75, 3.05) is 12.8 Å². The molecule has 100 valence electrons. The lowest BCUT2D eigenvalue weighted by Crippen LogP contribution is -2.36. The molecular weight excluding hydrogens is 234 g/mol. The molecule has 1 rings (SSSR count). The molecule has 0 aliphatic rings. The predicted octanol–water partition coefficient (Wildman–Crippen LogP) is 2.03. The molecule has 6 heteroatoms. The second kappa shape index (κ2) is 5.12. The molecule has 0 saturated carbocycles. The Hall–Kier alpha value is -1.98. The minimum absolute atomic E-state index is 0.316. The number of methoxy groups -OCH3 is 1. The Balaban J connectivity index is 3.24. The maximum atomic E-state index is 10.9. The zero-order chi connectivity index (χ0) is 13.9. The predicted molar refractivity (Wildman–Crippen MR) is 68.6 cm³/mol. The van der Waals surface area contributed by atoms with Crippen LogP contribution in [0.4, 0.5) is 10.6 Å². The summed E-state index contributed by atoms with van der Waals surface area (Å²) in [6.07, 6.45) is -1.09. The maximum Gasteiger partial charge on any atom is 0.405 e. The van der Waals surface area contributed by atoms with Gasteiger partial charge in [-0.15, -0.1) is 0 Å². The fourth-order valence-corrected chi connectivity index (χ4v) is 1.73.